The lowest BCUT2D eigenvalue weighted by Crippen LogP contribution is -2.19. The van der Waals surface area contributed by atoms with Crippen LogP contribution in [-0.4, -0.2) is 40.1 Å². The van der Waals surface area contributed by atoms with Gasteiger partial charge in [-0.15, -0.1) is 0 Å². The molecule has 32 heavy (non-hydrogen) atoms. The van der Waals surface area contributed by atoms with E-state index < -0.39 is 0 Å². The second-order valence-corrected chi connectivity index (χ2v) is 8.29. The van der Waals surface area contributed by atoms with E-state index in [9.17, 15) is 9.59 Å². The zero-order valence-electron chi connectivity index (χ0n) is 17.3. The molecule has 3 heterocycles. The van der Waals surface area contributed by atoms with E-state index in [-0.39, 0.29) is 18.2 Å². The Morgan fingerprint density at radius 2 is 2.16 bits per heavy atom. The van der Waals surface area contributed by atoms with Crippen molar-refractivity contribution >= 4 is 52.5 Å². The minimum atomic E-state index is -0.390. The van der Waals surface area contributed by atoms with E-state index in [1.165, 1.54) is 12.8 Å². The first kappa shape index (κ1) is 20.3. The maximum absolute atomic E-state index is 12.0. The molecule has 164 valence electrons. The lowest BCUT2D eigenvalue weighted by molar-refractivity contribution is -0.124. The number of ether oxygens (including phenoxy) is 1. The number of aromatic nitrogens is 3. The van der Waals surface area contributed by atoms with E-state index in [0.29, 0.717) is 45.0 Å². The van der Waals surface area contributed by atoms with Crippen LogP contribution in [0.2, 0.25) is 5.02 Å². The average molecular weight is 453 g/mol. The molecule has 1 saturated heterocycles. The van der Waals surface area contributed by atoms with Crippen LogP contribution in [0.25, 0.3) is 11.7 Å². The molecule has 3 aromatic rings. The molecule has 1 saturated carbocycles. The number of nitrogens with zero attached hydrogens (tertiary/aromatic N) is 3. The van der Waals surface area contributed by atoms with Crippen molar-refractivity contribution in [2.24, 2.45) is 5.92 Å². The van der Waals surface area contributed by atoms with Gasteiger partial charge in [-0.3, -0.25) is 14.9 Å². The minimum absolute atomic E-state index is 0.0420. The molecule has 0 unspecified atom stereocenters. The zero-order valence-corrected chi connectivity index (χ0v) is 18.1. The van der Waals surface area contributed by atoms with Gasteiger partial charge in [-0.05, 0) is 37.0 Å². The second kappa shape index (κ2) is 8.16. The van der Waals surface area contributed by atoms with E-state index in [1.54, 1.807) is 42.1 Å². The molecule has 2 aliphatic rings. The summed E-state index contributed by atoms with van der Waals surface area (Å²) in [5.74, 6) is 1.94. The summed E-state index contributed by atoms with van der Waals surface area (Å²) in [4.78, 5) is 28.3. The number of hydrogen-bond donors (Lipinski definition) is 3. The lowest BCUT2D eigenvalue weighted by atomic mass is 10.1. The molecular formula is C22H21ClN6O3. The third kappa shape index (κ3) is 4.11. The van der Waals surface area contributed by atoms with Crippen molar-refractivity contribution in [1.29, 1.82) is 0 Å². The van der Waals surface area contributed by atoms with Crippen LogP contribution in [-0.2, 0) is 9.59 Å². The monoisotopic (exact) mass is 452 g/mol. The SMILES string of the molecule is COc1ccc(Cl)c(Nc2cc(NCC3CC3)n3ncc(C=C4CC(=O)NC4=O)c3n2)c1. The topological polar surface area (TPSA) is 110 Å². The number of carbonyl (C=O) groups excluding carboxylic acids is 2. The first-order valence-corrected chi connectivity index (χ1v) is 10.7. The summed E-state index contributed by atoms with van der Waals surface area (Å²) < 4.78 is 6.99. The summed E-state index contributed by atoms with van der Waals surface area (Å²) in [6.45, 7) is 0.839. The predicted octanol–water partition coefficient (Wildman–Crippen LogP) is 3.39. The predicted molar refractivity (Wildman–Crippen MR) is 121 cm³/mol. The van der Waals surface area contributed by atoms with Crippen molar-refractivity contribution in [3.63, 3.8) is 0 Å². The number of benzene rings is 1. The fraction of sp³-hybridized carbons (Fsp3) is 0.273. The summed E-state index contributed by atoms with van der Waals surface area (Å²) in [5, 5.41) is 14.0. The maximum atomic E-state index is 12.0. The Morgan fingerprint density at radius 1 is 1.31 bits per heavy atom. The van der Waals surface area contributed by atoms with Crippen LogP contribution in [0.3, 0.4) is 0 Å². The molecule has 0 spiro atoms. The van der Waals surface area contributed by atoms with Crippen molar-refractivity contribution in [2.75, 3.05) is 24.3 Å². The number of amides is 2. The van der Waals surface area contributed by atoms with Gasteiger partial charge in [-0.1, -0.05) is 11.6 Å². The number of imide groups is 1. The molecule has 10 heteroatoms. The van der Waals surface area contributed by atoms with Crippen molar-refractivity contribution < 1.29 is 14.3 Å². The number of methoxy groups -OCH3 is 1. The van der Waals surface area contributed by atoms with Gasteiger partial charge < -0.3 is 15.4 Å². The third-order valence-electron chi connectivity index (χ3n) is 5.43. The first-order chi connectivity index (χ1) is 15.5. The highest BCUT2D eigenvalue weighted by atomic mass is 35.5. The van der Waals surface area contributed by atoms with Crippen molar-refractivity contribution in [3.05, 3.63) is 46.6 Å². The molecule has 0 atom stereocenters. The highest BCUT2D eigenvalue weighted by Gasteiger charge is 2.25. The molecule has 3 N–H and O–H groups in total. The lowest BCUT2D eigenvalue weighted by Gasteiger charge is -2.13. The van der Waals surface area contributed by atoms with Crippen molar-refractivity contribution in [2.45, 2.75) is 19.3 Å². The normalized spacial score (nSPS) is 17.1. The molecule has 9 nitrogen and oxygen atoms in total. The van der Waals surface area contributed by atoms with E-state index in [2.05, 4.69) is 21.0 Å². The number of rotatable bonds is 7. The van der Waals surface area contributed by atoms with Crippen LogP contribution in [0, 0.1) is 5.92 Å². The van der Waals surface area contributed by atoms with Gasteiger partial charge in [0.25, 0.3) is 5.91 Å². The smallest absolute Gasteiger partial charge is 0.254 e. The minimum Gasteiger partial charge on any atom is -0.497 e. The van der Waals surface area contributed by atoms with Gasteiger partial charge in [0, 0.05) is 29.8 Å². The number of halogens is 1. The van der Waals surface area contributed by atoms with Gasteiger partial charge in [-0.2, -0.15) is 9.61 Å². The molecular weight excluding hydrogens is 432 g/mol. The molecule has 5 rings (SSSR count). The van der Waals surface area contributed by atoms with E-state index in [4.69, 9.17) is 21.3 Å². The van der Waals surface area contributed by atoms with Gasteiger partial charge in [0.2, 0.25) is 5.91 Å². The molecule has 1 aromatic carbocycles. The molecule has 2 aromatic heterocycles. The highest BCUT2D eigenvalue weighted by molar-refractivity contribution is 6.33. The second-order valence-electron chi connectivity index (χ2n) is 7.88. The maximum Gasteiger partial charge on any atom is 0.254 e. The highest BCUT2D eigenvalue weighted by Crippen LogP contribution is 2.32. The zero-order chi connectivity index (χ0) is 22.2. The Kier molecular flexibility index (Phi) is 5.18. The van der Waals surface area contributed by atoms with Crippen LogP contribution in [0.5, 0.6) is 5.75 Å². The number of hydrogen-bond acceptors (Lipinski definition) is 7. The van der Waals surface area contributed by atoms with Gasteiger partial charge in [0.1, 0.15) is 17.4 Å². The summed E-state index contributed by atoms with van der Waals surface area (Å²) in [7, 11) is 1.59. The largest absolute Gasteiger partial charge is 0.497 e. The fourth-order valence-corrected chi connectivity index (χ4v) is 3.68. The van der Waals surface area contributed by atoms with Crippen LogP contribution in [0.15, 0.2) is 36.0 Å². The number of anilines is 3. The standard InChI is InChI=1S/C22H21ClN6O3/c1-32-15-4-5-16(23)17(8-15)26-18-9-19(24-10-12-2-3-12)29-21(27-18)14(11-25-29)6-13-7-20(30)28-22(13)31/h4-6,8-9,11-12,24H,2-3,7,10H2,1H3,(H,26,27)(H,28,30,31). The molecule has 2 amide bonds. The Bertz CT molecular complexity index is 1260. The Morgan fingerprint density at radius 3 is 2.88 bits per heavy atom. The third-order valence-corrected chi connectivity index (χ3v) is 5.76. The number of fused-ring (bicyclic) bond motifs is 1. The van der Waals surface area contributed by atoms with E-state index >= 15 is 0 Å². The van der Waals surface area contributed by atoms with E-state index in [1.807, 2.05) is 6.07 Å². The van der Waals surface area contributed by atoms with Gasteiger partial charge in [0.15, 0.2) is 5.65 Å². The molecule has 1 aliphatic heterocycles. The summed E-state index contributed by atoms with van der Waals surface area (Å²) in [6, 6.07) is 7.18. The Hall–Kier alpha value is -3.59. The van der Waals surface area contributed by atoms with Gasteiger partial charge >= 0.3 is 0 Å². The van der Waals surface area contributed by atoms with Crippen molar-refractivity contribution in [3.8, 4) is 5.75 Å². The molecule has 1 aliphatic carbocycles. The summed E-state index contributed by atoms with van der Waals surface area (Å²) in [5.41, 5.74) is 2.22. The molecule has 0 radical (unpaired) electrons. The molecule has 2 fully saturated rings. The van der Waals surface area contributed by atoms with Gasteiger partial charge in [-0.25, -0.2) is 4.98 Å². The quantitative estimate of drug-likeness (QED) is 0.372. The van der Waals surface area contributed by atoms with Crippen LogP contribution < -0.4 is 20.7 Å². The van der Waals surface area contributed by atoms with Gasteiger partial charge in [0.05, 0.1) is 30.4 Å². The van der Waals surface area contributed by atoms with Crippen molar-refractivity contribution in [1.82, 2.24) is 19.9 Å². The van der Waals surface area contributed by atoms with Crippen LogP contribution in [0.4, 0.5) is 17.3 Å². The average Bonchev–Trinajstić information content (AvgIpc) is 3.44. The number of carbonyl (C=O) groups is 2. The fourth-order valence-electron chi connectivity index (χ4n) is 3.52. The Labute approximate surface area is 188 Å². The van der Waals surface area contributed by atoms with E-state index in [0.717, 1.165) is 12.4 Å². The summed E-state index contributed by atoms with van der Waals surface area (Å²) >= 11 is 6.36. The summed E-state index contributed by atoms with van der Waals surface area (Å²) in [6.07, 6.45) is 5.76. The van der Waals surface area contributed by atoms with Crippen LogP contribution in [0.1, 0.15) is 24.8 Å². The Balaban J connectivity index is 1.55. The van der Waals surface area contributed by atoms with Crippen LogP contribution >= 0.6 is 11.6 Å². The first-order valence-electron chi connectivity index (χ1n) is 10.3. The molecule has 0 bridgehead atoms. The number of nitrogens with one attached hydrogen (secondary N) is 3.